The number of aromatic nitrogens is 1. The predicted molar refractivity (Wildman–Crippen MR) is 94.5 cm³/mol. The molecular weight excluding hydrogens is 321 g/mol. The molecule has 4 nitrogen and oxygen atoms in total. The summed E-state index contributed by atoms with van der Waals surface area (Å²) in [6.45, 7) is 2.45. The number of hydrogen-bond donors (Lipinski definition) is 2. The van der Waals surface area contributed by atoms with Crippen LogP contribution >= 0.6 is 24.8 Å². The number of carbonyl (C=O) groups is 1. The predicted octanol–water partition coefficient (Wildman–Crippen LogP) is 3.06. The summed E-state index contributed by atoms with van der Waals surface area (Å²) in [4.78, 5) is 16.0. The molecule has 6 heteroatoms. The van der Waals surface area contributed by atoms with E-state index in [9.17, 15) is 4.79 Å². The number of rotatable bonds is 5. The molecule has 0 spiro atoms. The number of carbonyl (C=O) groups excluding carboxylic acids is 1. The highest BCUT2D eigenvalue weighted by Gasteiger charge is 2.04. The van der Waals surface area contributed by atoms with Gasteiger partial charge >= 0.3 is 0 Å². The number of nitrogens with zero attached hydrogens (tertiary/aromatic N) is 1. The molecule has 2 rings (SSSR count). The minimum absolute atomic E-state index is 0. The summed E-state index contributed by atoms with van der Waals surface area (Å²) in [5.41, 5.74) is 9.57. The highest BCUT2D eigenvalue weighted by Crippen LogP contribution is 2.12. The maximum Gasteiger partial charge on any atom is 0.220 e. The van der Waals surface area contributed by atoms with E-state index in [2.05, 4.69) is 10.3 Å². The fourth-order valence-electron chi connectivity index (χ4n) is 1.90. The normalized spacial score (nSPS) is 9.32. The summed E-state index contributed by atoms with van der Waals surface area (Å²) >= 11 is 0. The van der Waals surface area contributed by atoms with Gasteiger partial charge in [0.15, 0.2) is 0 Å². The summed E-state index contributed by atoms with van der Waals surface area (Å²) < 4.78 is 0. The molecule has 0 saturated carbocycles. The number of aryl methyl sites for hydroxylation is 2. The second-order valence-corrected chi connectivity index (χ2v) is 4.78. The molecule has 0 unspecified atom stereocenters. The quantitative estimate of drug-likeness (QED) is 0.821. The van der Waals surface area contributed by atoms with E-state index in [0.29, 0.717) is 19.4 Å². The van der Waals surface area contributed by atoms with Crippen LogP contribution in [0.25, 0.3) is 0 Å². The lowest BCUT2D eigenvalue weighted by Crippen LogP contribution is -2.23. The number of anilines is 1. The standard InChI is InChI=1S/C16H19N3O.2ClH/c1-12-6-7-13(10-18-12)11-19-16(20)9-8-14-4-2-3-5-15(14)17;;/h2-7,10H,8-9,11,17H2,1H3,(H,19,20);2*1H. The molecule has 0 saturated heterocycles. The van der Waals surface area contributed by atoms with Crippen molar-refractivity contribution in [3.8, 4) is 0 Å². The number of hydrogen-bond acceptors (Lipinski definition) is 3. The van der Waals surface area contributed by atoms with Gasteiger partial charge in [-0.1, -0.05) is 24.3 Å². The lowest BCUT2D eigenvalue weighted by atomic mass is 10.1. The van der Waals surface area contributed by atoms with Gasteiger partial charge in [-0.25, -0.2) is 0 Å². The van der Waals surface area contributed by atoms with Gasteiger partial charge in [-0.15, -0.1) is 24.8 Å². The van der Waals surface area contributed by atoms with Crippen molar-refractivity contribution in [3.05, 3.63) is 59.4 Å². The van der Waals surface area contributed by atoms with Crippen molar-refractivity contribution in [2.45, 2.75) is 26.3 Å². The number of amides is 1. The third-order valence-corrected chi connectivity index (χ3v) is 3.14. The van der Waals surface area contributed by atoms with Crippen molar-refractivity contribution in [3.63, 3.8) is 0 Å². The monoisotopic (exact) mass is 341 g/mol. The van der Waals surface area contributed by atoms with Crippen LogP contribution in [0, 0.1) is 6.92 Å². The maximum absolute atomic E-state index is 11.8. The third-order valence-electron chi connectivity index (χ3n) is 3.14. The van der Waals surface area contributed by atoms with Gasteiger partial charge in [-0.05, 0) is 36.6 Å². The van der Waals surface area contributed by atoms with E-state index < -0.39 is 0 Å². The van der Waals surface area contributed by atoms with Gasteiger partial charge in [0.25, 0.3) is 0 Å². The lowest BCUT2D eigenvalue weighted by Gasteiger charge is -2.07. The first kappa shape index (κ1) is 20.2. The minimum Gasteiger partial charge on any atom is -0.399 e. The molecule has 0 atom stereocenters. The second kappa shape index (κ2) is 10.0. The largest absolute Gasteiger partial charge is 0.399 e. The van der Waals surface area contributed by atoms with Crippen LogP contribution in [0.1, 0.15) is 23.2 Å². The molecule has 22 heavy (non-hydrogen) atoms. The number of para-hydroxylation sites is 1. The highest BCUT2D eigenvalue weighted by atomic mass is 35.5. The van der Waals surface area contributed by atoms with Gasteiger partial charge in [0.05, 0.1) is 0 Å². The number of nitrogen functional groups attached to an aromatic ring is 1. The Kier molecular flexibility index (Phi) is 9.22. The molecule has 0 radical (unpaired) electrons. The molecule has 1 aromatic carbocycles. The first-order valence-electron chi connectivity index (χ1n) is 6.67. The Morgan fingerprint density at radius 2 is 1.91 bits per heavy atom. The fraction of sp³-hybridized carbons (Fsp3) is 0.250. The van der Waals surface area contributed by atoms with Crippen molar-refractivity contribution in [2.75, 3.05) is 5.73 Å². The molecule has 0 aliphatic carbocycles. The number of benzene rings is 1. The molecule has 2 aromatic rings. The van der Waals surface area contributed by atoms with Crippen LogP contribution in [0.5, 0.6) is 0 Å². The van der Waals surface area contributed by atoms with Crippen LogP contribution in [0.15, 0.2) is 42.6 Å². The Morgan fingerprint density at radius 3 is 2.55 bits per heavy atom. The van der Waals surface area contributed by atoms with Gasteiger partial charge in [0.1, 0.15) is 0 Å². The van der Waals surface area contributed by atoms with Gasteiger partial charge in [-0.2, -0.15) is 0 Å². The van der Waals surface area contributed by atoms with Crippen molar-refractivity contribution < 1.29 is 4.79 Å². The lowest BCUT2D eigenvalue weighted by molar-refractivity contribution is -0.121. The first-order chi connectivity index (χ1) is 9.65. The first-order valence-corrected chi connectivity index (χ1v) is 6.67. The summed E-state index contributed by atoms with van der Waals surface area (Å²) in [5.74, 6) is 0.0221. The average Bonchev–Trinajstić information content (AvgIpc) is 2.46. The summed E-state index contributed by atoms with van der Waals surface area (Å²) in [6.07, 6.45) is 2.88. The molecule has 1 heterocycles. The fourth-order valence-corrected chi connectivity index (χ4v) is 1.90. The molecule has 120 valence electrons. The molecule has 0 fully saturated rings. The molecule has 0 bridgehead atoms. The van der Waals surface area contributed by atoms with E-state index in [4.69, 9.17) is 5.73 Å². The van der Waals surface area contributed by atoms with Crippen LogP contribution in [-0.2, 0) is 17.8 Å². The summed E-state index contributed by atoms with van der Waals surface area (Å²) in [5, 5.41) is 2.89. The highest BCUT2D eigenvalue weighted by molar-refractivity contribution is 5.85. The van der Waals surface area contributed by atoms with Crippen LogP contribution in [0.3, 0.4) is 0 Å². The van der Waals surface area contributed by atoms with Gasteiger partial charge in [-0.3, -0.25) is 9.78 Å². The zero-order chi connectivity index (χ0) is 14.4. The van der Waals surface area contributed by atoms with Crippen molar-refractivity contribution >= 4 is 36.4 Å². The van der Waals surface area contributed by atoms with Crippen LogP contribution < -0.4 is 11.1 Å². The Morgan fingerprint density at radius 1 is 1.18 bits per heavy atom. The van der Waals surface area contributed by atoms with Gasteiger partial charge < -0.3 is 11.1 Å². The Balaban J connectivity index is 0.00000220. The van der Waals surface area contributed by atoms with Gasteiger partial charge in [0.2, 0.25) is 5.91 Å². The smallest absolute Gasteiger partial charge is 0.220 e. The Bertz CT molecular complexity index is 588. The molecule has 0 aliphatic rings. The van der Waals surface area contributed by atoms with E-state index in [0.717, 1.165) is 22.5 Å². The molecule has 0 aliphatic heterocycles. The number of nitrogens with two attached hydrogens (primary N) is 1. The zero-order valence-corrected chi connectivity index (χ0v) is 14.0. The Labute approximate surface area is 143 Å². The zero-order valence-electron chi connectivity index (χ0n) is 12.4. The minimum atomic E-state index is 0. The summed E-state index contributed by atoms with van der Waals surface area (Å²) in [6, 6.07) is 11.5. The van der Waals surface area contributed by atoms with E-state index in [1.54, 1.807) is 6.20 Å². The number of pyridine rings is 1. The molecule has 3 N–H and O–H groups in total. The molecular formula is C16H21Cl2N3O. The number of halogens is 2. The van der Waals surface area contributed by atoms with Crippen LogP contribution in [0.2, 0.25) is 0 Å². The maximum atomic E-state index is 11.8. The third kappa shape index (κ3) is 6.33. The second-order valence-electron chi connectivity index (χ2n) is 4.78. The van der Waals surface area contributed by atoms with Crippen LogP contribution in [0.4, 0.5) is 5.69 Å². The van der Waals surface area contributed by atoms with Crippen LogP contribution in [-0.4, -0.2) is 10.9 Å². The topological polar surface area (TPSA) is 68.0 Å². The van der Waals surface area contributed by atoms with Crippen molar-refractivity contribution in [2.24, 2.45) is 0 Å². The average molecular weight is 342 g/mol. The molecule has 1 aromatic heterocycles. The Hall–Kier alpha value is -1.78. The van der Waals surface area contributed by atoms with Gasteiger partial charge in [0, 0.05) is 30.5 Å². The van der Waals surface area contributed by atoms with E-state index in [-0.39, 0.29) is 30.7 Å². The SMILES string of the molecule is Cc1ccc(CNC(=O)CCc2ccccc2N)cn1.Cl.Cl. The van der Waals surface area contributed by atoms with E-state index in [1.165, 1.54) is 0 Å². The van der Waals surface area contributed by atoms with E-state index in [1.807, 2.05) is 43.3 Å². The molecule has 1 amide bonds. The van der Waals surface area contributed by atoms with Crippen molar-refractivity contribution in [1.82, 2.24) is 10.3 Å². The number of nitrogens with one attached hydrogen (secondary N) is 1. The van der Waals surface area contributed by atoms with Crippen molar-refractivity contribution in [1.29, 1.82) is 0 Å². The van der Waals surface area contributed by atoms with E-state index >= 15 is 0 Å². The summed E-state index contributed by atoms with van der Waals surface area (Å²) in [7, 11) is 0.